The van der Waals surface area contributed by atoms with E-state index < -0.39 is 0 Å². The highest BCUT2D eigenvalue weighted by Gasteiger charge is 2.15. The topological polar surface area (TPSA) is 43.9 Å². The van der Waals surface area contributed by atoms with Crippen molar-refractivity contribution in [2.75, 3.05) is 0 Å². The van der Waals surface area contributed by atoms with Crippen molar-refractivity contribution in [2.24, 2.45) is 0 Å². The lowest BCUT2D eigenvalue weighted by Gasteiger charge is -2.13. The van der Waals surface area contributed by atoms with Crippen molar-refractivity contribution < 1.29 is 4.52 Å². The van der Waals surface area contributed by atoms with Gasteiger partial charge in [0.1, 0.15) is 5.82 Å². The molecule has 4 nitrogen and oxygen atoms in total. The van der Waals surface area contributed by atoms with Gasteiger partial charge in [-0.05, 0) is 12.5 Å². The molecule has 0 amide bonds. The van der Waals surface area contributed by atoms with Gasteiger partial charge in [-0.25, -0.2) is 4.98 Å². The van der Waals surface area contributed by atoms with E-state index in [1.807, 2.05) is 31.5 Å². The van der Waals surface area contributed by atoms with Gasteiger partial charge in [0.05, 0.1) is 12.2 Å². The lowest BCUT2D eigenvalue weighted by molar-refractivity contribution is 0.371. The van der Waals surface area contributed by atoms with Crippen LogP contribution < -0.4 is 0 Å². The average molecular weight is 267 g/mol. The summed E-state index contributed by atoms with van der Waals surface area (Å²) in [6, 6.07) is 12.3. The Morgan fingerprint density at radius 3 is 2.75 bits per heavy atom. The molecular weight excluding hydrogens is 250 g/mol. The molecule has 0 saturated carbocycles. The van der Waals surface area contributed by atoms with Gasteiger partial charge in [0, 0.05) is 24.4 Å². The first kappa shape index (κ1) is 12.7. The van der Waals surface area contributed by atoms with E-state index in [1.165, 1.54) is 5.56 Å². The Morgan fingerprint density at radius 1 is 1.25 bits per heavy atom. The summed E-state index contributed by atoms with van der Waals surface area (Å²) in [4.78, 5) is 4.50. The summed E-state index contributed by atoms with van der Waals surface area (Å²) < 4.78 is 7.39. The molecule has 2 heterocycles. The standard InChI is InChI=1S/C16H17N3O/c1-12-10-15(20-18-12)11-19-9-8-17-16(19)13(2)14-6-4-3-5-7-14/h3-10,13H,11H2,1-2H3/t13-/m1/s1. The number of aryl methyl sites for hydroxylation is 1. The highest BCUT2D eigenvalue weighted by atomic mass is 16.5. The summed E-state index contributed by atoms with van der Waals surface area (Å²) >= 11 is 0. The summed E-state index contributed by atoms with van der Waals surface area (Å²) in [6.45, 7) is 4.75. The summed E-state index contributed by atoms with van der Waals surface area (Å²) in [5.74, 6) is 2.13. The molecule has 1 aromatic carbocycles. The number of rotatable bonds is 4. The van der Waals surface area contributed by atoms with E-state index in [0.29, 0.717) is 6.54 Å². The number of benzene rings is 1. The molecule has 0 spiro atoms. The van der Waals surface area contributed by atoms with Crippen LogP contribution >= 0.6 is 0 Å². The van der Waals surface area contributed by atoms with Crippen LogP contribution in [-0.4, -0.2) is 14.7 Å². The van der Waals surface area contributed by atoms with Gasteiger partial charge in [-0.1, -0.05) is 42.4 Å². The highest BCUT2D eigenvalue weighted by molar-refractivity contribution is 5.25. The number of imidazole rings is 1. The zero-order chi connectivity index (χ0) is 13.9. The van der Waals surface area contributed by atoms with Crippen LogP contribution in [0.2, 0.25) is 0 Å². The quantitative estimate of drug-likeness (QED) is 0.728. The third-order valence-corrected chi connectivity index (χ3v) is 3.44. The van der Waals surface area contributed by atoms with Crippen molar-refractivity contribution in [3.63, 3.8) is 0 Å². The van der Waals surface area contributed by atoms with Crippen LogP contribution in [0.1, 0.15) is 35.7 Å². The molecule has 4 heteroatoms. The maximum atomic E-state index is 5.28. The van der Waals surface area contributed by atoms with Crippen LogP contribution in [0.4, 0.5) is 0 Å². The maximum absolute atomic E-state index is 5.28. The fraction of sp³-hybridized carbons (Fsp3) is 0.250. The molecule has 0 unspecified atom stereocenters. The maximum Gasteiger partial charge on any atom is 0.156 e. The highest BCUT2D eigenvalue weighted by Crippen LogP contribution is 2.23. The normalized spacial score (nSPS) is 12.5. The number of nitrogens with zero attached hydrogens (tertiary/aromatic N) is 3. The lowest BCUT2D eigenvalue weighted by Crippen LogP contribution is -2.08. The molecule has 3 rings (SSSR count). The van der Waals surface area contributed by atoms with Gasteiger partial charge < -0.3 is 9.09 Å². The Labute approximate surface area is 118 Å². The van der Waals surface area contributed by atoms with Crippen LogP contribution in [0.25, 0.3) is 0 Å². The molecule has 0 saturated heterocycles. The fourth-order valence-corrected chi connectivity index (χ4v) is 2.38. The SMILES string of the molecule is Cc1cc(Cn2ccnc2[C@H](C)c2ccccc2)on1. The number of hydrogen-bond acceptors (Lipinski definition) is 3. The van der Waals surface area contributed by atoms with Crippen molar-refractivity contribution in [3.8, 4) is 0 Å². The van der Waals surface area contributed by atoms with Crippen molar-refractivity contribution in [3.05, 3.63) is 71.6 Å². The molecule has 0 aliphatic rings. The second-order valence-corrected chi connectivity index (χ2v) is 4.98. The minimum absolute atomic E-state index is 0.246. The fourth-order valence-electron chi connectivity index (χ4n) is 2.38. The van der Waals surface area contributed by atoms with Gasteiger partial charge in [0.2, 0.25) is 0 Å². The average Bonchev–Trinajstić information content (AvgIpc) is 3.09. The van der Waals surface area contributed by atoms with Gasteiger partial charge in [-0.3, -0.25) is 0 Å². The second kappa shape index (κ2) is 5.33. The predicted molar refractivity (Wildman–Crippen MR) is 76.5 cm³/mol. The number of hydrogen-bond donors (Lipinski definition) is 0. The van der Waals surface area contributed by atoms with E-state index in [-0.39, 0.29) is 5.92 Å². The van der Waals surface area contributed by atoms with Gasteiger partial charge in [0.25, 0.3) is 0 Å². The number of aromatic nitrogens is 3. The summed E-state index contributed by atoms with van der Waals surface area (Å²) in [5, 5.41) is 3.92. The van der Waals surface area contributed by atoms with Crippen LogP contribution in [-0.2, 0) is 6.54 Å². The molecule has 2 aromatic heterocycles. The van der Waals surface area contributed by atoms with E-state index in [1.54, 1.807) is 0 Å². The van der Waals surface area contributed by atoms with Crippen molar-refractivity contribution in [1.82, 2.24) is 14.7 Å². The Bertz CT molecular complexity index is 685. The molecule has 0 N–H and O–H groups in total. The first-order chi connectivity index (χ1) is 9.74. The largest absolute Gasteiger partial charge is 0.359 e. The Morgan fingerprint density at radius 2 is 2.05 bits per heavy atom. The van der Waals surface area contributed by atoms with E-state index in [4.69, 9.17) is 4.52 Å². The Balaban J connectivity index is 1.86. The molecular formula is C16H17N3O. The van der Waals surface area contributed by atoms with Crippen molar-refractivity contribution in [1.29, 1.82) is 0 Å². The molecule has 0 aliphatic heterocycles. The zero-order valence-electron chi connectivity index (χ0n) is 11.7. The Kier molecular flexibility index (Phi) is 3.37. The van der Waals surface area contributed by atoms with Crippen LogP contribution in [0, 0.1) is 6.92 Å². The van der Waals surface area contributed by atoms with E-state index >= 15 is 0 Å². The lowest BCUT2D eigenvalue weighted by atomic mass is 10.0. The van der Waals surface area contributed by atoms with E-state index in [0.717, 1.165) is 17.3 Å². The van der Waals surface area contributed by atoms with Gasteiger partial charge >= 0.3 is 0 Å². The Hall–Kier alpha value is -2.36. The zero-order valence-corrected chi connectivity index (χ0v) is 11.7. The molecule has 102 valence electrons. The summed E-state index contributed by atoms with van der Waals surface area (Å²) in [6.07, 6.45) is 3.81. The van der Waals surface area contributed by atoms with E-state index in [2.05, 4.69) is 45.9 Å². The molecule has 20 heavy (non-hydrogen) atoms. The second-order valence-electron chi connectivity index (χ2n) is 4.98. The van der Waals surface area contributed by atoms with Crippen molar-refractivity contribution >= 4 is 0 Å². The van der Waals surface area contributed by atoms with Gasteiger partial charge in [-0.2, -0.15) is 0 Å². The van der Waals surface area contributed by atoms with Gasteiger partial charge in [-0.15, -0.1) is 0 Å². The predicted octanol–water partition coefficient (Wildman–Crippen LogP) is 3.38. The van der Waals surface area contributed by atoms with Crippen LogP contribution in [0.5, 0.6) is 0 Å². The molecule has 0 radical (unpaired) electrons. The third-order valence-electron chi connectivity index (χ3n) is 3.44. The molecule has 0 fully saturated rings. The van der Waals surface area contributed by atoms with Crippen LogP contribution in [0.15, 0.2) is 53.3 Å². The summed E-state index contributed by atoms with van der Waals surface area (Å²) in [5.41, 5.74) is 2.16. The summed E-state index contributed by atoms with van der Waals surface area (Å²) in [7, 11) is 0. The third kappa shape index (κ3) is 2.50. The molecule has 3 aromatic rings. The first-order valence-corrected chi connectivity index (χ1v) is 6.72. The minimum atomic E-state index is 0.246. The van der Waals surface area contributed by atoms with E-state index in [9.17, 15) is 0 Å². The van der Waals surface area contributed by atoms with Crippen molar-refractivity contribution in [2.45, 2.75) is 26.3 Å². The first-order valence-electron chi connectivity index (χ1n) is 6.72. The minimum Gasteiger partial charge on any atom is -0.359 e. The molecule has 0 bridgehead atoms. The monoisotopic (exact) mass is 267 g/mol. The molecule has 0 aliphatic carbocycles. The van der Waals surface area contributed by atoms with Gasteiger partial charge in [0.15, 0.2) is 5.76 Å². The smallest absolute Gasteiger partial charge is 0.156 e. The molecule has 1 atom stereocenters. The van der Waals surface area contributed by atoms with Crippen LogP contribution in [0.3, 0.4) is 0 Å².